The molecular formula is C13H18N2O2. The molecule has 1 fully saturated rings. The number of Topliss-reactive ketones (excluding diaryl/α,β-unsaturated/α-hetero) is 1. The molecule has 2 heterocycles. The van der Waals surface area contributed by atoms with Crippen molar-refractivity contribution in [2.75, 3.05) is 18.1 Å². The predicted molar refractivity (Wildman–Crippen MR) is 66.5 cm³/mol. The molecule has 0 aromatic carbocycles. The van der Waals surface area contributed by atoms with E-state index in [0.29, 0.717) is 18.2 Å². The molecule has 1 saturated heterocycles. The average Bonchev–Trinajstić information content (AvgIpc) is 2.32. The van der Waals surface area contributed by atoms with Gasteiger partial charge in [0, 0.05) is 18.3 Å². The SMILES string of the molecule is CC(=O)c1ccnc(N2CC(C)OCC2C)c1. The topological polar surface area (TPSA) is 42.4 Å². The molecule has 0 aliphatic carbocycles. The highest BCUT2D eigenvalue weighted by molar-refractivity contribution is 5.94. The number of carbonyl (C=O) groups is 1. The lowest BCUT2D eigenvalue weighted by molar-refractivity contribution is 0.0340. The minimum atomic E-state index is 0.0719. The number of anilines is 1. The molecule has 0 amide bonds. The number of morpholine rings is 1. The van der Waals surface area contributed by atoms with Crippen LogP contribution >= 0.6 is 0 Å². The van der Waals surface area contributed by atoms with Crippen LogP contribution in [-0.4, -0.2) is 36.1 Å². The van der Waals surface area contributed by atoms with Crippen LogP contribution in [0.25, 0.3) is 0 Å². The number of hydrogen-bond donors (Lipinski definition) is 0. The molecule has 0 radical (unpaired) electrons. The molecule has 2 atom stereocenters. The summed E-state index contributed by atoms with van der Waals surface area (Å²) in [6.07, 6.45) is 1.90. The van der Waals surface area contributed by atoms with Crippen LogP contribution in [0.1, 0.15) is 31.1 Å². The number of aromatic nitrogens is 1. The van der Waals surface area contributed by atoms with Gasteiger partial charge < -0.3 is 9.64 Å². The third kappa shape index (κ3) is 2.64. The van der Waals surface area contributed by atoms with Crippen LogP contribution in [0.3, 0.4) is 0 Å². The van der Waals surface area contributed by atoms with E-state index in [9.17, 15) is 4.79 Å². The number of hydrogen-bond acceptors (Lipinski definition) is 4. The lowest BCUT2D eigenvalue weighted by Gasteiger charge is -2.37. The molecule has 2 unspecified atom stereocenters. The van der Waals surface area contributed by atoms with Crippen molar-refractivity contribution in [2.45, 2.75) is 32.9 Å². The summed E-state index contributed by atoms with van der Waals surface area (Å²) in [5.74, 6) is 0.933. The number of pyridine rings is 1. The van der Waals surface area contributed by atoms with E-state index in [0.717, 1.165) is 12.4 Å². The summed E-state index contributed by atoms with van der Waals surface area (Å²) in [6.45, 7) is 7.24. The molecule has 4 heteroatoms. The fourth-order valence-corrected chi connectivity index (χ4v) is 2.02. The third-order valence-electron chi connectivity index (χ3n) is 3.05. The second kappa shape index (κ2) is 4.84. The summed E-state index contributed by atoms with van der Waals surface area (Å²) in [6, 6.07) is 3.90. The largest absolute Gasteiger partial charge is 0.375 e. The van der Waals surface area contributed by atoms with Crippen LogP contribution in [0.5, 0.6) is 0 Å². The van der Waals surface area contributed by atoms with Crippen LogP contribution in [0, 0.1) is 0 Å². The first-order valence-corrected chi connectivity index (χ1v) is 5.93. The fraction of sp³-hybridized carbons (Fsp3) is 0.538. The quantitative estimate of drug-likeness (QED) is 0.733. The van der Waals surface area contributed by atoms with Gasteiger partial charge in [-0.05, 0) is 32.9 Å². The molecule has 0 saturated carbocycles. The molecule has 0 N–H and O–H groups in total. The normalized spacial score (nSPS) is 24.8. The predicted octanol–water partition coefficient (Wildman–Crippen LogP) is 1.90. The molecule has 1 aromatic rings. The van der Waals surface area contributed by atoms with E-state index in [1.807, 2.05) is 13.0 Å². The van der Waals surface area contributed by atoms with Crippen LogP contribution < -0.4 is 4.90 Å². The number of ether oxygens (including phenoxy) is 1. The highest BCUT2D eigenvalue weighted by Crippen LogP contribution is 2.20. The van der Waals surface area contributed by atoms with E-state index in [-0.39, 0.29) is 11.9 Å². The van der Waals surface area contributed by atoms with Gasteiger partial charge in [0.2, 0.25) is 0 Å². The average molecular weight is 234 g/mol. The first-order chi connectivity index (χ1) is 8.08. The van der Waals surface area contributed by atoms with Crippen molar-refractivity contribution >= 4 is 11.6 Å². The van der Waals surface area contributed by atoms with Crippen LogP contribution in [0.15, 0.2) is 18.3 Å². The van der Waals surface area contributed by atoms with Crippen LogP contribution in [0.2, 0.25) is 0 Å². The van der Waals surface area contributed by atoms with Crippen molar-refractivity contribution in [3.63, 3.8) is 0 Å². The highest BCUT2D eigenvalue weighted by Gasteiger charge is 2.24. The zero-order chi connectivity index (χ0) is 12.4. The Morgan fingerprint density at radius 3 is 3.00 bits per heavy atom. The van der Waals surface area contributed by atoms with Crippen molar-refractivity contribution in [1.82, 2.24) is 4.98 Å². The summed E-state index contributed by atoms with van der Waals surface area (Å²) in [5.41, 5.74) is 0.710. The number of ketones is 1. The first kappa shape index (κ1) is 12.0. The minimum absolute atomic E-state index is 0.0719. The lowest BCUT2D eigenvalue weighted by atomic mass is 10.1. The van der Waals surface area contributed by atoms with Gasteiger partial charge in [-0.25, -0.2) is 4.98 Å². The number of rotatable bonds is 2. The Balaban J connectivity index is 2.26. The Morgan fingerprint density at radius 1 is 1.53 bits per heavy atom. The molecule has 0 bridgehead atoms. The molecular weight excluding hydrogens is 216 g/mol. The van der Waals surface area contributed by atoms with E-state index in [1.165, 1.54) is 0 Å². The van der Waals surface area contributed by atoms with Crippen molar-refractivity contribution in [3.05, 3.63) is 23.9 Å². The second-order valence-electron chi connectivity index (χ2n) is 4.60. The van der Waals surface area contributed by atoms with E-state index in [1.54, 1.807) is 19.2 Å². The molecule has 2 rings (SSSR count). The fourth-order valence-electron chi connectivity index (χ4n) is 2.02. The third-order valence-corrected chi connectivity index (χ3v) is 3.05. The maximum atomic E-state index is 11.4. The van der Waals surface area contributed by atoms with Gasteiger partial charge in [0.15, 0.2) is 5.78 Å². The number of nitrogens with zero attached hydrogens (tertiary/aromatic N) is 2. The van der Waals surface area contributed by atoms with Crippen molar-refractivity contribution in [3.8, 4) is 0 Å². The Kier molecular flexibility index (Phi) is 3.43. The van der Waals surface area contributed by atoms with E-state index in [2.05, 4.69) is 16.8 Å². The van der Waals surface area contributed by atoms with E-state index in [4.69, 9.17) is 4.74 Å². The molecule has 92 valence electrons. The smallest absolute Gasteiger partial charge is 0.159 e. The lowest BCUT2D eigenvalue weighted by Crippen LogP contribution is -2.47. The second-order valence-corrected chi connectivity index (χ2v) is 4.60. The molecule has 17 heavy (non-hydrogen) atoms. The summed E-state index contributed by atoms with van der Waals surface area (Å²) in [7, 11) is 0. The molecule has 1 aromatic heterocycles. The van der Waals surface area contributed by atoms with Crippen molar-refractivity contribution in [2.24, 2.45) is 0 Å². The summed E-state index contributed by atoms with van der Waals surface area (Å²) in [4.78, 5) is 17.9. The van der Waals surface area contributed by atoms with Crippen LogP contribution in [-0.2, 0) is 4.74 Å². The Bertz CT molecular complexity index is 420. The number of carbonyl (C=O) groups excluding carboxylic acids is 1. The monoisotopic (exact) mass is 234 g/mol. The van der Waals surface area contributed by atoms with Gasteiger partial charge >= 0.3 is 0 Å². The summed E-state index contributed by atoms with van der Waals surface area (Å²) in [5, 5.41) is 0. The van der Waals surface area contributed by atoms with Gasteiger partial charge in [-0.15, -0.1) is 0 Å². The molecule has 4 nitrogen and oxygen atoms in total. The molecule has 1 aliphatic rings. The van der Waals surface area contributed by atoms with Gasteiger partial charge in [0.05, 0.1) is 18.8 Å². The molecule has 0 spiro atoms. The van der Waals surface area contributed by atoms with Gasteiger partial charge in [-0.3, -0.25) is 4.79 Å². The van der Waals surface area contributed by atoms with Crippen molar-refractivity contribution in [1.29, 1.82) is 0 Å². The highest BCUT2D eigenvalue weighted by atomic mass is 16.5. The van der Waals surface area contributed by atoms with E-state index < -0.39 is 0 Å². The standard InChI is InChI=1S/C13H18N2O2/c1-9-8-17-10(2)7-15(9)13-6-12(11(3)16)4-5-14-13/h4-6,9-10H,7-8H2,1-3H3. The first-order valence-electron chi connectivity index (χ1n) is 5.93. The minimum Gasteiger partial charge on any atom is -0.375 e. The van der Waals surface area contributed by atoms with Gasteiger partial charge in [0.25, 0.3) is 0 Å². The van der Waals surface area contributed by atoms with Gasteiger partial charge in [0.1, 0.15) is 5.82 Å². The maximum Gasteiger partial charge on any atom is 0.159 e. The van der Waals surface area contributed by atoms with Gasteiger partial charge in [-0.2, -0.15) is 0 Å². The maximum absolute atomic E-state index is 11.4. The van der Waals surface area contributed by atoms with E-state index >= 15 is 0 Å². The summed E-state index contributed by atoms with van der Waals surface area (Å²) < 4.78 is 5.58. The summed E-state index contributed by atoms with van der Waals surface area (Å²) >= 11 is 0. The Hall–Kier alpha value is -1.42. The molecule has 1 aliphatic heterocycles. The van der Waals surface area contributed by atoms with Crippen LogP contribution in [0.4, 0.5) is 5.82 Å². The van der Waals surface area contributed by atoms with Crippen molar-refractivity contribution < 1.29 is 9.53 Å². The Morgan fingerprint density at radius 2 is 2.29 bits per heavy atom. The zero-order valence-electron chi connectivity index (χ0n) is 10.5. The van der Waals surface area contributed by atoms with Gasteiger partial charge in [-0.1, -0.05) is 0 Å². The Labute approximate surface area is 102 Å². The zero-order valence-corrected chi connectivity index (χ0v) is 10.5.